The van der Waals surface area contributed by atoms with E-state index in [2.05, 4.69) is 22.6 Å². The molecular formula is C15H19FN4. The van der Waals surface area contributed by atoms with Crippen LogP contribution < -0.4 is 5.32 Å². The maximum absolute atomic E-state index is 13.0. The van der Waals surface area contributed by atoms with Crippen LogP contribution in [0, 0.1) is 5.82 Å². The minimum atomic E-state index is -0.171. The first-order valence-corrected chi connectivity index (χ1v) is 6.90. The molecule has 1 heterocycles. The second-order valence-corrected chi connectivity index (χ2v) is 5.90. The summed E-state index contributed by atoms with van der Waals surface area (Å²) in [7, 11) is 1.90. The van der Waals surface area contributed by atoms with Crippen LogP contribution >= 0.6 is 0 Å². The van der Waals surface area contributed by atoms with E-state index in [0.29, 0.717) is 6.04 Å². The fourth-order valence-corrected chi connectivity index (χ4v) is 2.98. The normalized spacial score (nSPS) is 25.4. The van der Waals surface area contributed by atoms with Crippen molar-refractivity contribution in [3.8, 4) is 0 Å². The average Bonchev–Trinajstić information content (AvgIpc) is 2.80. The van der Waals surface area contributed by atoms with Gasteiger partial charge in [0.1, 0.15) is 5.82 Å². The van der Waals surface area contributed by atoms with Crippen LogP contribution in [-0.2, 0) is 19.0 Å². The molecule has 5 heteroatoms. The topological polar surface area (TPSA) is 42.7 Å². The number of halogens is 1. The summed E-state index contributed by atoms with van der Waals surface area (Å²) in [5, 5.41) is 11.3. The molecule has 1 aromatic carbocycles. The predicted molar refractivity (Wildman–Crippen MR) is 74.6 cm³/mol. The van der Waals surface area contributed by atoms with Crippen molar-refractivity contribution >= 4 is 0 Å². The second-order valence-electron chi connectivity index (χ2n) is 5.90. The van der Waals surface area contributed by atoms with Gasteiger partial charge >= 0.3 is 0 Å². The summed E-state index contributed by atoms with van der Waals surface area (Å²) in [6, 6.07) is 7.39. The third-order valence-corrected chi connectivity index (χ3v) is 4.32. The first kappa shape index (κ1) is 13.2. The minimum absolute atomic E-state index is 0.163. The molecule has 0 aliphatic heterocycles. The van der Waals surface area contributed by atoms with Crippen LogP contribution in [0.2, 0.25) is 0 Å². The van der Waals surface area contributed by atoms with Crippen molar-refractivity contribution in [2.75, 3.05) is 0 Å². The van der Waals surface area contributed by atoms with Gasteiger partial charge < -0.3 is 5.32 Å². The van der Waals surface area contributed by atoms with Crippen LogP contribution in [0.3, 0.4) is 0 Å². The minimum Gasteiger partial charge on any atom is -0.308 e. The highest BCUT2D eigenvalue weighted by molar-refractivity contribution is 5.29. The molecule has 1 aliphatic rings. The summed E-state index contributed by atoms with van der Waals surface area (Å²) in [5.74, 6) is -0.171. The van der Waals surface area contributed by atoms with Gasteiger partial charge in [-0.3, -0.25) is 4.68 Å². The van der Waals surface area contributed by atoms with Crippen LogP contribution in [0.15, 0.2) is 30.5 Å². The maximum atomic E-state index is 13.0. The number of aromatic nitrogens is 3. The largest absolute Gasteiger partial charge is 0.308 e. The van der Waals surface area contributed by atoms with Crippen molar-refractivity contribution < 1.29 is 4.39 Å². The van der Waals surface area contributed by atoms with E-state index in [9.17, 15) is 4.39 Å². The van der Waals surface area contributed by atoms with Gasteiger partial charge in [-0.1, -0.05) is 24.3 Å². The highest BCUT2D eigenvalue weighted by Gasteiger charge is 2.41. The van der Waals surface area contributed by atoms with E-state index < -0.39 is 0 Å². The van der Waals surface area contributed by atoms with E-state index >= 15 is 0 Å². The van der Waals surface area contributed by atoms with Crippen molar-refractivity contribution in [2.24, 2.45) is 7.05 Å². The van der Waals surface area contributed by atoms with Crippen LogP contribution in [0.25, 0.3) is 0 Å². The fraction of sp³-hybridized carbons (Fsp3) is 0.467. The zero-order valence-corrected chi connectivity index (χ0v) is 11.8. The predicted octanol–water partition coefficient (Wildman–Crippen LogP) is 2.16. The number of benzene rings is 1. The van der Waals surface area contributed by atoms with E-state index in [0.717, 1.165) is 25.1 Å². The van der Waals surface area contributed by atoms with E-state index in [4.69, 9.17) is 0 Å². The van der Waals surface area contributed by atoms with Gasteiger partial charge in [-0.2, -0.15) is 0 Å². The van der Waals surface area contributed by atoms with Crippen molar-refractivity contribution in [3.05, 3.63) is 47.5 Å². The zero-order chi connectivity index (χ0) is 14.2. The average molecular weight is 274 g/mol. The molecule has 1 N–H and O–H groups in total. The number of aryl methyl sites for hydroxylation is 1. The van der Waals surface area contributed by atoms with Crippen LogP contribution in [-0.4, -0.2) is 21.0 Å². The molecule has 0 spiro atoms. The maximum Gasteiger partial charge on any atom is 0.123 e. The Balaban J connectivity index is 1.55. The monoisotopic (exact) mass is 274 g/mol. The molecule has 0 saturated heterocycles. The number of hydrogen-bond acceptors (Lipinski definition) is 3. The Labute approximate surface area is 118 Å². The summed E-state index contributed by atoms with van der Waals surface area (Å²) in [5.41, 5.74) is 2.47. The third-order valence-electron chi connectivity index (χ3n) is 4.32. The molecule has 1 aromatic heterocycles. The van der Waals surface area contributed by atoms with Crippen LogP contribution in [0.4, 0.5) is 4.39 Å². The Bertz CT molecular complexity index is 584. The molecule has 0 atom stereocenters. The van der Waals surface area contributed by atoms with Crippen molar-refractivity contribution in [1.29, 1.82) is 0 Å². The Morgan fingerprint density at radius 3 is 2.65 bits per heavy atom. The number of nitrogens with zero attached hydrogens (tertiary/aromatic N) is 3. The molecule has 0 unspecified atom stereocenters. The Morgan fingerprint density at radius 2 is 2.05 bits per heavy atom. The summed E-state index contributed by atoms with van der Waals surface area (Å²) in [6.07, 6.45) is 3.93. The Hall–Kier alpha value is -1.75. The van der Waals surface area contributed by atoms with Crippen molar-refractivity contribution in [2.45, 2.75) is 37.8 Å². The molecule has 20 heavy (non-hydrogen) atoms. The van der Waals surface area contributed by atoms with E-state index in [1.807, 2.05) is 19.2 Å². The van der Waals surface area contributed by atoms with Crippen molar-refractivity contribution in [1.82, 2.24) is 20.3 Å². The first-order chi connectivity index (χ1) is 9.57. The smallest absolute Gasteiger partial charge is 0.123 e. The molecule has 0 radical (unpaired) electrons. The van der Waals surface area contributed by atoms with Gasteiger partial charge in [0, 0.05) is 19.6 Å². The van der Waals surface area contributed by atoms with Crippen molar-refractivity contribution in [3.63, 3.8) is 0 Å². The molecule has 1 saturated carbocycles. The molecular weight excluding hydrogens is 255 g/mol. The molecule has 1 aliphatic carbocycles. The molecule has 4 nitrogen and oxygen atoms in total. The fourth-order valence-electron chi connectivity index (χ4n) is 2.98. The summed E-state index contributed by atoms with van der Waals surface area (Å²) < 4.78 is 14.7. The molecule has 0 amide bonds. The number of nitrogens with one attached hydrogen (secondary N) is 1. The first-order valence-electron chi connectivity index (χ1n) is 6.90. The van der Waals surface area contributed by atoms with Gasteiger partial charge in [-0.15, -0.1) is 5.10 Å². The molecule has 106 valence electrons. The second kappa shape index (κ2) is 4.98. The van der Waals surface area contributed by atoms with Crippen LogP contribution in [0.1, 0.15) is 31.0 Å². The van der Waals surface area contributed by atoms with Crippen LogP contribution in [0.5, 0.6) is 0 Å². The molecule has 2 aromatic rings. The quantitative estimate of drug-likeness (QED) is 0.929. The van der Waals surface area contributed by atoms with Gasteiger partial charge in [0.15, 0.2) is 0 Å². The highest BCUT2D eigenvalue weighted by atomic mass is 19.1. The van der Waals surface area contributed by atoms with Gasteiger partial charge in [0.2, 0.25) is 0 Å². The lowest BCUT2D eigenvalue weighted by molar-refractivity contribution is 0.188. The molecule has 0 bridgehead atoms. The Kier molecular flexibility index (Phi) is 3.30. The zero-order valence-electron chi connectivity index (χ0n) is 11.8. The van der Waals surface area contributed by atoms with E-state index in [-0.39, 0.29) is 11.2 Å². The SMILES string of the molecule is Cn1nncc1CNC1CC(C)(c2ccc(F)cc2)C1. The lowest BCUT2D eigenvalue weighted by Crippen LogP contribution is -2.49. The summed E-state index contributed by atoms with van der Waals surface area (Å²) in [6.45, 7) is 3.03. The molecule has 1 fully saturated rings. The summed E-state index contributed by atoms with van der Waals surface area (Å²) in [4.78, 5) is 0. The summed E-state index contributed by atoms with van der Waals surface area (Å²) >= 11 is 0. The highest BCUT2D eigenvalue weighted by Crippen LogP contribution is 2.43. The van der Waals surface area contributed by atoms with Gasteiger partial charge in [0.25, 0.3) is 0 Å². The van der Waals surface area contributed by atoms with Gasteiger partial charge in [0.05, 0.1) is 11.9 Å². The van der Waals surface area contributed by atoms with Gasteiger partial charge in [-0.25, -0.2) is 4.39 Å². The standard InChI is InChI=1S/C15H19FN4/c1-15(11-3-5-12(16)6-4-11)7-13(8-15)17-9-14-10-18-19-20(14)2/h3-6,10,13,17H,7-9H2,1-2H3. The van der Waals surface area contributed by atoms with E-state index in [1.54, 1.807) is 23.0 Å². The lowest BCUT2D eigenvalue weighted by Gasteiger charge is -2.46. The molecule has 3 rings (SSSR count). The lowest BCUT2D eigenvalue weighted by atomic mass is 9.63. The van der Waals surface area contributed by atoms with E-state index in [1.165, 1.54) is 5.56 Å². The van der Waals surface area contributed by atoms with Gasteiger partial charge in [-0.05, 0) is 36.0 Å². The number of rotatable bonds is 4. The Morgan fingerprint density at radius 1 is 1.35 bits per heavy atom. The third kappa shape index (κ3) is 2.45. The number of hydrogen-bond donors (Lipinski definition) is 1.